The molecule has 1 N–H and O–H groups in total. The third-order valence-electron chi connectivity index (χ3n) is 6.04. The summed E-state index contributed by atoms with van der Waals surface area (Å²) in [5.41, 5.74) is -4.49. The average molecular weight is 563 g/mol. The molecule has 10 nitrogen and oxygen atoms in total. The first-order chi connectivity index (χ1) is 18.3. The van der Waals surface area contributed by atoms with Gasteiger partial charge in [-0.2, -0.15) is 13.2 Å². The summed E-state index contributed by atoms with van der Waals surface area (Å²) < 4.78 is 66.9. The normalized spacial score (nSPS) is 16.0. The second-order valence-corrected chi connectivity index (χ2v) is 10.4. The van der Waals surface area contributed by atoms with Crippen LogP contribution in [-0.2, 0) is 21.2 Å². The maximum Gasteiger partial charge on any atom is 0.501 e. The molecular formula is C25H21F3N4O6S. The molecule has 1 aromatic heterocycles. The zero-order valence-corrected chi connectivity index (χ0v) is 21.3. The predicted octanol–water partition coefficient (Wildman–Crippen LogP) is 3.99. The number of halogens is 3. The lowest BCUT2D eigenvalue weighted by molar-refractivity contribution is -0.119. The van der Waals surface area contributed by atoms with Crippen LogP contribution in [0.2, 0.25) is 0 Å². The number of alkyl halides is 3. The van der Waals surface area contributed by atoms with Gasteiger partial charge in [-0.25, -0.2) is 18.1 Å². The number of ether oxygens (including phenoxy) is 1. The van der Waals surface area contributed by atoms with Crippen molar-refractivity contribution < 1.29 is 40.7 Å². The number of imide groups is 1. The van der Waals surface area contributed by atoms with Gasteiger partial charge in [0.25, 0.3) is 21.7 Å². The molecule has 204 valence electrons. The van der Waals surface area contributed by atoms with Crippen LogP contribution >= 0.6 is 0 Å². The number of amides is 4. The van der Waals surface area contributed by atoms with Gasteiger partial charge in [0.2, 0.25) is 0 Å². The zero-order valence-electron chi connectivity index (χ0n) is 20.5. The van der Waals surface area contributed by atoms with Crippen molar-refractivity contribution in [1.29, 1.82) is 0 Å². The first kappa shape index (κ1) is 27.6. The summed E-state index contributed by atoms with van der Waals surface area (Å²) in [6, 6.07) is 9.48. The van der Waals surface area contributed by atoms with Crippen molar-refractivity contribution in [2.45, 2.75) is 29.9 Å². The summed E-state index contributed by atoms with van der Waals surface area (Å²) in [5.74, 6) is -0.537. The van der Waals surface area contributed by atoms with Gasteiger partial charge in [-0.1, -0.05) is 0 Å². The minimum absolute atomic E-state index is 0.0942. The smallest absolute Gasteiger partial charge is 0.497 e. The van der Waals surface area contributed by atoms with Gasteiger partial charge in [-0.15, -0.1) is 0 Å². The van der Waals surface area contributed by atoms with Crippen LogP contribution < -0.4 is 15.0 Å². The number of sulfone groups is 1. The van der Waals surface area contributed by atoms with Gasteiger partial charge in [-0.05, 0) is 67.1 Å². The third kappa shape index (κ3) is 5.27. The van der Waals surface area contributed by atoms with E-state index in [0.717, 1.165) is 17.0 Å². The number of hydrogen-bond donors (Lipinski definition) is 1. The number of carbonyl (C=O) groups is 3. The van der Waals surface area contributed by atoms with E-state index in [4.69, 9.17) is 4.74 Å². The monoisotopic (exact) mass is 562 g/mol. The Kier molecular flexibility index (Phi) is 7.33. The Morgan fingerprint density at radius 1 is 1.05 bits per heavy atom. The van der Waals surface area contributed by atoms with Crippen LogP contribution in [0.15, 0.2) is 71.9 Å². The average Bonchev–Trinajstić information content (AvgIpc) is 3.12. The number of hydrogen-bond acceptors (Lipinski definition) is 7. The number of nitrogens with zero attached hydrogens (tertiary/aromatic N) is 3. The molecule has 2 heterocycles. The van der Waals surface area contributed by atoms with Crippen molar-refractivity contribution in [1.82, 2.24) is 9.88 Å². The SMILES string of the molecule is COc1ccc(C(=O)Nc2cnccc2CN2C(=O)N(c3ccc(S(=O)(=O)C(F)(F)F)cc3)C(=O)C2C)cc1. The molecule has 0 radical (unpaired) electrons. The number of aromatic nitrogens is 1. The Morgan fingerprint density at radius 3 is 2.28 bits per heavy atom. The summed E-state index contributed by atoms with van der Waals surface area (Å²) in [5, 5.41) is 2.73. The fourth-order valence-electron chi connectivity index (χ4n) is 3.85. The van der Waals surface area contributed by atoms with E-state index in [-0.39, 0.29) is 12.2 Å². The van der Waals surface area contributed by atoms with Crippen LogP contribution in [0.3, 0.4) is 0 Å². The summed E-state index contributed by atoms with van der Waals surface area (Å²) in [7, 11) is -4.09. The molecule has 0 aliphatic carbocycles. The Bertz CT molecular complexity index is 1530. The molecule has 0 saturated carbocycles. The molecule has 0 spiro atoms. The van der Waals surface area contributed by atoms with Gasteiger partial charge in [-0.3, -0.25) is 14.6 Å². The minimum atomic E-state index is -5.59. The van der Waals surface area contributed by atoms with Crippen molar-refractivity contribution in [3.63, 3.8) is 0 Å². The Labute approximate surface area is 220 Å². The van der Waals surface area contributed by atoms with Gasteiger partial charge >= 0.3 is 11.5 Å². The quantitative estimate of drug-likeness (QED) is 0.432. The van der Waals surface area contributed by atoms with Crippen molar-refractivity contribution in [3.05, 3.63) is 78.1 Å². The Balaban J connectivity index is 1.54. The van der Waals surface area contributed by atoms with E-state index in [2.05, 4.69) is 10.3 Å². The highest BCUT2D eigenvalue weighted by atomic mass is 32.2. The van der Waals surface area contributed by atoms with E-state index in [1.165, 1.54) is 31.3 Å². The first-order valence-electron chi connectivity index (χ1n) is 11.3. The van der Waals surface area contributed by atoms with E-state index in [0.29, 0.717) is 34.7 Å². The van der Waals surface area contributed by atoms with Crippen LogP contribution in [0.1, 0.15) is 22.8 Å². The van der Waals surface area contributed by atoms with E-state index in [9.17, 15) is 36.0 Å². The Hall–Kier alpha value is -4.46. The summed E-state index contributed by atoms with van der Waals surface area (Å²) in [6.07, 6.45) is 2.84. The number of rotatable bonds is 7. The molecule has 1 fully saturated rings. The van der Waals surface area contributed by atoms with Crippen LogP contribution in [-0.4, -0.2) is 54.8 Å². The summed E-state index contributed by atoms with van der Waals surface area (Å²) in [6.45, 7) is 1.36. The standard InChI is InChI=1S/C25H21F3N4O6S/c1-15-23(34)32(18-5-9-20(10-6-18)39(36,37)25(26,27)28)24(35)31(15)14-17-11-12-29-13-21(17)30-22(33)16-3-7-19(38-2)8-4-16/h3-13,15H,14H2,1-2H3,(H,30,33). The maximum atomic E-state index is 13.2. The third-order valence-corrected chi connectivity index (χ3v) is 7.55. The molecular weight excluding hydrogens is 541 g/mol. The second kappa shape index (κ2) is 10.4. The van der Waals surface area contributed by atoms with E-state index in [1.807, 2.05) is 0 Å². The van der Waals surface area contributed by atoms with E-state index < -0.39 is 44.1 Å². The predicted molar refractivity (Wildman–Crippen MR) is 133 cm³/mol. The van der Waals surface area contributed by atoms with Crippen molar-refractivity contribution in [2.24, 2.45) is 0 Å². The van der Waals surface area contributed by atoms with Crippen LogP contribution in [0.25, 0.3) is 0 Å². The zero-order chi connectivity index (χ0) is 28.5. The van der Waals surface area contributed by atoms with Gasteiger partial charge in [0, 0.05) is 11.8 Å². The lowest BCUT2D eigenvalue weighted by Gasteiger charge is -2.21. The maximum absolute atomic E-state index is 13.2. The molecule has 1 unspecified atom stereocenters. The minimum Gasteiger partial charge on any atom is -0.497 e. The fourth-order valence-corrected chi connectivity index (χ4v) is 4.61. The number of nitrogens with one attached hydrogen (secondary N) is 1. The number of anilines is 2. The first-order valence-corrected chi connectivity index (χ1v) is 12.8. The lowest BCUT2D eigenvalue weighted by atomic mass is 10.1. The molecule has 0 bridgehead atoms. The van der Waals surface area contributed by atoms with Crippen molar-refractivity contribution in [2.75, 3.05) is 17.3 Å². The number of benzene rings is 2. The number of urea groups is 1. The van der Waals surface area contributed by atoms with Gasteiger partial charge in [0.1, 0.15) is 11.8 Å². The van der Waals surface area contributed by atoms with Gasteiger partial charge in [0.15, 0.2) is 0 Å². The molecule has 1 aliphatic heterocycles. The largest absolute Gasteiger partial charge is 0.501 e. The topological polar surface area (TPSA) is 126 Å². The van der Waals surface area contributed by atoms with Gasteiger partial charge < -0.3 is 15.0 Å². The van der Waals surface area contributed by atoms with E-state index >= 15 is 0 Å². The fraction of sp³-hybridized carbons (Fsp3) is 0.200. The molecule has 1 aliphatic rings. The molecule has 14 heteroatoms. The lowest BCUT2D eigenvalue weighted by Crippen LogP contribution is -2.33. The number of methoxy groups -OCH3 is 1. The highest BCUT2D eigenvalue weighted by Crippen LogP contribution is 2.33. The summed E-state index contributed by atoms with van der Waals surface area (Å²) in [4.78, 5) is 43.8. The molecule has 3 aromatic rings. The van der Waals surface area contributed by atoms with Gasteiger partial charge in [0.05, 0.1) is 36.1 Å². The number of carbonyl (C=O) groups excluding carboxylic acids is 3. The van der Waals surface area contributed by atoms with E-state index in [1.54, 1.807) is 30.3 Å². The molecule has 1 saturated heterocycles. The molecule has 2 aromatic carbocycles. The van der Waals surface area contributed by atoms with Crippen molar-refractivity contribution in [3.8, 4) is 5.75 Å². The Morgan fingerprint density at radius 2 is 1.69 bits per heavy atom. The number of pyridine rings is 1. The molecule has 4 amide bonds. The summed E-state index contributed by atoms with van der Waals surface area (Å²) >= 11 is 0. The molecule has 39 heavy (non-hydrogen) atoms. The van der Waals surface area contributed by atoms with Crippen molar-refractivity contribution >= 4 is 39.1 Å². The molecule has 1 atom stereocenters. The van der Waals surface area contributed by atoms with Crippen LogP contribution in [0, 0.1) is 0 Å². The highest BCUT2D eigenvalue weighted by molar-refractivity contribution is 7.92. The van der Waals surface area contributed by atoms with Crippen LogP contribution in [0.5, 0.6) is 5.75 Å². The highest BCUT2D eigenvalue weighted by Gasteiger charge is 2.47. The molecule has 4 rings (SSSR count). The second-order valence-electron chi connectivity index (χ2n) is 8.42. The van der Waals surface area contributed by atoms with Crippen LogP contribution in [0.4, 0.5) is 29.3 Å².